The molecule has 1 aliphatic heterocycles. The number of methoxy groups -OCH3 is 1. The third-order valence-electron chi connectivity index (χ3n) is 3.76. The quantitative estimate of drug-likeness (QED) is 0.742. The first-order valence-corrected chi connectivity index (χ1v) is 6.88. The molecule has 0 N–H and O–H groups in total. The molecule has 0 unspecified atom stereocenters. The average Bonchev–Trinajstić information content (AvgIpc) is 2.87. The van der Waals surface area contributed by atoms with Crippen LogP contribution >= 0.6 is 0 Å². The van der Waals surface area contributed by atoms with Crippen molar-refractivity contribution in [2.24, 2.45) is 0 Å². The third kappa shape index (κ3) is 2.11. The van der Waals surface area contributed by atoms with Gasteiger partial charge in [-0.2, -0.15) is 4.98 Å². The average molecular weight is 286 g/mol. The van der Waals surface area contributed by atoms with E-state index < -0.39 is 7.04 Å². The number of nitrogens with zero attached hydrogens (tertiary/aromatic N) is 4. The number of imidazole rings is 1. The maximum Gasteiger partial charge on any atom is 0.236 e. The molecular weight excluding hydrogens is 264 g/mol. The minimum absolute atomic E-state index is 0.306. The van der Waals surface area contributed by atoms with Gasteiger partial charge in [-0.3, -0.25) is 4.40 Å². The molecular formula is C16H16N4O. The molecule has 3 heterocycles. The van der Waals surface area contributed by atoms with Gasteiger partial charge in [-0.05, 0) is 36.8 Å². The van der Waals surface area contributed by atoms with E-state index in [2.05, 4.69) is 14.9 Å². The Morgan fingerprint density at radius 1 is 1.14 bits per heavy atom. The van der Waals surface area contributed by atoms with Crippen molar-refractivity contribution in [3.63, 3.8) is 0 Å². The molecule has 1 aliphatic rings. The molecule has 5 heteroatoms. The van der Waals surface area contributed by atoms with E-state index in [-0.39, 0.29) is 0 Å². The number of fused-ring (bicyclic) bond motifs is 1. The van der Waals surface area contributed by atoms with E-state index in [1.54, 1.807) is 24.3 Å². The summed E-state index contributed by atoms with van der Waals surface area (Å²) in [5.41, 5.74) is 1.66. The van der Waals surface area contributed by atoms with E-state index in [4.69, 9.17) is 8.85 Å². The van der Waals surface area contributed by atoms with Crippen LogP contribution in [0.1, 0.15) is 10.5 Å². The van der Waals surface area contributed by atoms with Crippen LogP contribution in [0.15, 0.2) is 42.7 Å². The second-order valence-electron chi connectivity index (χ2n) is 5.09. The highest BCUT2D eigenvalue weighted by Crippen LogP contribution is 2.23. The monoisotopic (exact) mass is 286 g/mol. The van der Waals surface area contributed by atoms with Crippen LogP contribution in [-0.2, 0) is 0 Å². The van der Waals surface area contributed by atoms with E-state index >= 15 is 0 Å². The number of benzene rings is 1. The maximum atomic E-state index is 7.12. The van der Waals surface area contributed by atoms with Crippen molar-refractivity contribution in [2.45, 2.75) is 6.42 Å². The van der Waals surface area contributed by atoms with Gasteiger partial charge in [-0.15, -0.1) is 0 Å². The van der Waals surface area contributed by atoms with E-state index in [1.165, 1.54) is 6.42 Å². The lowest BCUT2D eigenvalue weighted by atomic mass is 10.2. The van der Waals surface area contributed by atoms with Crippen molar-refractivity contribution < 1.29 is 8.85 Å². The van der Waals surface area contributed by atoms with Crippen molar-refractivity contribution in [2.75, 3.05) is 25.0 Å². The van der Waals surface area contributed by atoms with E-state index in [9.17, 15) is 0 Å². The van der Waals surface area contributed by atoms with Gasteiger partial charge < -0.3 is 9.64 Å². The SMILES string of the molecule is [3H]C([3H])([3H])Oc1ccc(-c2cn3ccc(N4CCC4)nc3n2)cc1. The standard InChI is InChI=1S/C16H16N4O/c1-21-13-5-3-12(4-6-13)14-11-20-10-7-15(18-16(20)17-14)19-8-2-9-19/h3-7,10-11H,2,8-9H2,1H3/i1T3. The summed E-state index contributed by atoms with van der Waals surface area (Å²) < 4.78 is 28.1. The summed E-state index contributed by atoms with van der Waals surface area (Å²) >= 11 is 0. The lowest BCUT2D eigenvalue weighted by Gasteiger charge is -2.31. The highest BCUT2D eigenvalue weighted by atomic mass is 16.5. The molecule has 0 aliphatic carbocycles. The normalized spacial score (nSPS) is 17.0. The molecule has 0 saturated carbocycles. The molecule has 1 fully saturated rings. The summed E-state index contributed by atoms with van der Waals surface area (Å²) in [5, 5.41) is 0. The molecule has 0 amide bonds. The Kier molecular flexibility index (Phi) is 2.13. The van der Waals surface area contributed by atoms with Crippen molar-refractivity contribution in [1.82, 2.24) is 14.4 Å². The number of rotatable bonds is 3. The van der Waals surface area contributed by atoms with Gasteiger partial charge in [0.25, 0.3) is 0 Å². The zero-order valence-electron chi connectivity index (χ0n) is 14.4. The first-order valence-electron chi connectivity index (χ1n) is 8.38. The van der Waals surface area contributed by atoms with Gasteiger partial charge in [-0.25, -0.2) is 4.98 Å². The van der Waals surface area contributed by atoms with Gasteiger partial charge in [0.1, 0.15) is 11.6 Å². The highest BCUT2D eigenvalue weighted by Gasteiger charge is 2.16. The Bertz CT molecular complexity index is 869. The molecule has 0 radical (unpaired) electrons. The first-order chi connectivity index (χ1) is 11.5. The van der Waals surface area contributed by atoms with Crippen LogP contribution in [0.5, 0.6) is 5.75 Å². The van der Waals surface area contributed by atoms with Crippen LogP contribution in [0.2, 0.25) is 0 Å². The second-order valence-corrected chi connectivity index (χ2v) is 5.09. The predicted octanol–water partition coefficient (Wildman–Crippen LogP) is 2.62. The van der Waals surface area contributed by atoms with Gasteiger partial charge in [0, 0.05) is 31.0 Å². The molecule has 1 aromatic carbocycles. The number of hydrogen-bond donors (Lipinski definition) is 0. The van der Waals surface area contributed by atoms with Gasteiger partial charge in [0.2, 0.25) is 5.78 Å². The van der Waals surface area contributed by atoms with Crippen LogP contribution < -0.4 is 9.64 Å². The fraction of sp³-hybridized carbons (Fsp3) is 0.250. The van der Waals surface area contributed by atoms with Crippen molar-refractivity contribution in [1.29, 1.82) is 0 Å². The van der Waals surface area contributed by atoms with Crippen LogP contribution in [0.4, 0.5) is 5.82 Å². The Balaban J connectivity index is 1.61. The lowest BCUT2D eigenvalue weighted by molar-refractivity contribution is 0.415. The fourth-order valence-corrected chi connectivity index (χ4v) is 2.42. The number of anilines is 1. The summed E-state index contributed by atoms with van der Waals surface area (Å²) in [6, 6.07) is 8.83. The maximum absolute atomic E-state index is 7.12. The van der Waals surface area contributed by atoms with Crippen LogP contribution in [0, 0.1) is 0 Å². The third-order valence-corrected chi connectivity index (χ3v) is 3.76. The summed E-state index contributed by atoms with van der Waals surface area (Å²) in [4.78, 5) is 11.4. The molecule has 1 saturated heterocycles. The topological polar surface area (TPSA) is 42.7 Å². The van der Waals surface area contributed by atoms with E-state index in [1.807, 2.05) is 22.9 Å². The fourth-order valence-electron chi connectivity index (χ4n) is 2.42. The first kappa shape index (κ1) is 9.39. The zero-order chi connectivity index (χ0) is 16.7. The van der Waals surface area contributed by atoms with Crippen LogP contribution in [-0.4, -0.2) is 34.5 Å². The minimum Gasteiger partial charge on any atom is -0.497 e. The highest BCUT2D eigenvalue weighted by molar-refractivity contribution is 5.63. The minimum atomic E-state index is -2.44. The number of aromatic nitrogens is 3. The zero-order valence-corrected chi connectivity index (χ0v) is 11.4. The van der Waals surface area contributed by atoms with Crippen molar-refractivity contribution in [3.05, 3.63) is 42.7 Å². The summed E-state index contributed by atoms with van der Waals surface area (Å²) in [5.74, 6) is 1.91. The van der Waals surface area contributed by atoms with Crippen LogP contribution in [0.25, 0.3) is 17.0 Å². The Morgan fingerprint density at radius 3 is 2.71 bits per heavy atom. The van der Waals surface area contributed by atoms with Crippen molar-refractivity contribution >= 4 is 11.6 Å². The summed E-state index contributed by atoms with van der Waals surface area (Å²) in [6.07, 6.45) is 5.07. The molecule has 0 atom stereocenters. The van der Waals surface area contributed by atoms with Gasteiger partial charge in [-0.1, -0.05) is 0 Å². The van der Waals surface area contributed by atoms with Gasteiger partial charge in [0.05, 0.1) is 16.8 Å². The molecule has 2 aromatic heterocycles. The smallest absolute Gasteiger partial charge is 0.236 e. The van der Waals surface area contributed by atoms with Gasteiger partial charge in [0.15, 0.2) is 0 Å². The Labute approximate surface area is 127 Å². The predicted molar refractivity (Wildman–Crippen MR) is 81.8 cm³/mol. The second kappa shape index (κ2) is 4.77. The molecule has 106 valence electrons. The molecule has 21 heavy (non-hydrogen) atoms. The largest absolute Gasteiger partial charge is 0.497 e. The molecule has 0 bridgehead atoms. The molecule has 3 aromatic rings. The Hall–Kier alpha value is -2.56. The molecule has 5 nitrogen and oxygen atoms in total. The summed E-state index contributed by atoms with van der Waals surface area (Å²) in [6.45, 7) is 2.09. The van der Waals surface area contributed by atoms with E-state index in [0.29, 0.717) is 11.5 Å². The van der Waals surface area contributed by atoms with Gasteiger partial charge >= 0.3 is 0 Å². The Morgan fingerprint density at radius 2 is 2.00 bits per heavy atom. The number of ether oxygens (including phenoxy) is 1. The number of hydrogen-bond acceptors (Lipinski definition) is 4. The van der Waals surface area contributed by atoms with Crippen molar-refractivity contribution in [3.8, 4) is 17.0 Å². The van der Waals surface area contributed by atoms with Crippen LogP contribution in [0.3, 0.4) is 0 Å². The molecule has 0 spiro atoms. The van der Waals surface area contributed by atoms with E-state index in [0.717, 1.165) is 30.2 Å². The summed E-state index contributed by atoms with van der Waals surface area (Å²) in [7, 11) is -2.44. The molecule has 4 rings (SSSR count). The lowest BCUT2D eigenvalue weighted by Crippen LogP contribution is -2.37.